The maximum absolute atomic E-state index is 3.99. The van der Waals surface area contributed by atoms with Gasteiger partial charge in [-0.05, 0) is 31.1 Å². The summed E-state index contributed by atoms with van der Waals surface area (Å²) in [6, 6.07) is 0. The Hall–Kier alpha value is -1.76. The number of unbranched alkanes of at least 4 members (excludes halogenated alkanes) is 1. The second kappa shape index (κ2) is 9.21. The van der Waals surface area contributed by atoms with E-state index in [-0.39, 0.29) is 0 Å². The molecule has 0 spiro atoms. The first-order chi connectivity index (χ1) is 8.99. The molecule has 1 aliphatic heterocycles. The van der Waals surface area contributed by atoms with E-state index in [9.17, 15) is 0 Å². The van der Waals surface area contributed by atoms with Crippen LogP contribution >= 0.6 is 0 Å². The third-order valence-corrected chi connectivity index (χ3v) is 2.60. The van der Waals surface area contributed by atoms with Crippen LogP contribution in [0.2, 0.25) is 0 Å². The van der Waals surface area contributed by atoms with Gasteiger partial charge in [0.15, 0.2) is 0 Å². The van der Waals surface area contributed by atoms with Gasteiger partial charge in [0.2, 0.25) is 0 Å². The lowest BCUT2D eigenvalue weighted by Gasteiger charge is -2.23. The van der Waals surface area contributed by atoms with Gasteiger partial charge in [0, 0.05) is 18.1 Å². The molecule has 104 valence electrons. The fraction of sp³-hybridized carbons (Fsp3) is 0.333. The Labute approximate surface area is 119 Å². The molecule has 1 rings (SSSR count). The molecular formula is C18H27N. The van der Waals surface area contributed by atoms with Crippen LogP contribution in [0.1, 0.15) is 40.5 Å². The molecule has 0 atom stereocenters. The van der Waals surface area contributed by atoms with E-state index in [2.05, 4.69) is 47.4 Å². The van der Waals surface area contributed by atoms with E-state index in [1.165, 1.54) is 18.4 Å². The molecule has 0 unspecified atom stereocenters. The highest BCUT2D eigenvalue weighted by Crippen LogP contribution is 2.24. The molecule has 0 radical (unpaired) electrons. The van der Waals surface area contributed by atoms with Gasteiger partial charge in [-0.25, -0.2) is 0 Å². The normalized spacial score (nSPS) is 13.7. The van der Waals surface area contributed by atoms with Crippen molar-refractivity contribution >= 4 is 0 Å². The molecule has 0 saturated carbocycles. The van der Waals surface area contributed by atoms with Crippen molar-refractivity contribution in [3.05, 3.63) is 72.8 Å². The van der Waals surface area contributed by atoms with Gasteiger partial charge in [-0.2, -0.15) is 0 Å². The van der Waals surface area contributed by atoms with Gasteiger partial charge in [-0.15, -0.1) is 0 Å². The van der Waals surface area contributed by atoms with E-state index in [0.717, 1.165) is 16.8 Å². The molecule has 1 aliphatic rings. The molecule has 0 aromatic rings. The maximum atomic E-state index is 3.99. The van der Waals surface area contributed by atoms with Crippen LogP contribution in [-0.4, -0.2) is 4.90 Å². The summed E-state index contributed by atoms with van der Waals surface area (Å²) in [4.78, 5) is 2.00. The zero-order valence-corrected chi connectivity index (χ0v) is 12.9. The molecule has 1 heteroatoms. The summed E-state index contributed by atoms with van der Waals surface area (Å²) in [5.74, 6) is 0. The SMILES string of the molecule is C=CC1=CC(=C)N(C=C(C)C)C=C1C=C.CCCC. The fourth-order valence-electron chi connectivity index (χ4n) is 1.39. The predicted molar refractivity (Wildman–Crippen MR) is 87.6 cm³/mol. The molecule has 19 heavy (non-hydrogen) atoms. The highest BCUT2D eigenvalue weighted by Gasteiger charge is 2.10. The Balaban J connectivity index is 0.000000711. The minimum absolute atomic E-state index is 0.941. The minimum Gasteiger partial charge on any atom is -0.324 e. The van der Waals surface area contributed by atoms with Crippen molar-refractivity contribution < 1.29 is 0 Å². The molecule has 1 heterocycles. The molecule has 0 aliphatic carbocycles. The van der Waals surface area contributed by atoms with Crippen LogP contribution < -0.4 is 0 Å². The summed E-state index contributed by atoms with van der Waals surface area (Å²) in [7, 11) is 0. The smallest absolute Gasteiger partial charge is 0.0383 e. The second-order valence-electron chi connectivity index (χ2n) is 4.70. The van der Waals surface area contributed by atoms with Crippen molar-refractivity contribution in [2.24, 2.45) is 0 Å². The van der Waals surface area contributed by atoms with Gasteiger partial charge in [-0.1, -0.05) is 64.2 Å². The standard InChI is InChI=1S/C14H17N.C4H10/c1-6-13-8-12(5)15(9-11(3)4)10-14(13)7-2;1-3-4-2/h6-10H,1-2,5H2,3-4H3;3-4H2,1-2H3. The highest BCUT2D eigenvalue weighted by atomic mass is 15.1. The lowest BCUT2D eigenvalue weighted by atomic mass is 10.0. The molecular weight excluding hydrogens is 230 g/mol. The molecule has 0 bridgehead atoms. The average molecular weight is 257 g/mol. The van der Waals surface area contributed by atoms with Gasteiger partial charge >= 0.3 is 0 Å². The van der Waals surface area contributed by atoms with Crippen LogP contribution in [0.3, 0.4) is 0 Å². The van der Waals surface area contributed by atoms with Gasteiger partial charge in [0.1, 0.15) is 0 Å². The molecule has 0 amide bonds. The Morgan fingerprint density at radius 2 is 1.63 bits per heavy atom. The molecule has 0 fully saturated rings. The van der Waals surface area contributed by atoms with Crippen LogP contribution in [0.4, 0.5) is 0 Å². The number of nitrogens with zero attached hydrogens (tertiary/aromatic N) is 1. The maximum Gasteiger partial charge on any atom is 0.0383 e. The minimum atomic E-state index is 0.941. The summed E-state index contributed by atoms with van der Waals surface area (Å²) in [6.45, 7) is 20.0. The van der Waals surface area contributed by atoms with E-state index < -0.39 is 0 Å². The van der Waals surface area contributed by atoms with Gasteiger partial charge < -0.3 is 4.90 Å². The third kappa shape index (κ3) is 6.10. The van der Waals surface area contributed by atoms with Crippen molar-refractivity contribution in [1.82, 2.24) is 4.90 Å². The fourth-order valence-corrected chi connectivity index (χ4v) is 1.39. The summed E-state index contributed by atoms with van der Waals surface area (Å²) in [5, 5.41) is 0. The molecule has 0 N–H and O–H groups in total. The van der Waals surface area contributed by atoms with Crippen LogP contribution in [-0.2, 0) is 0 Å². The van der Waals surface area contributed by atoms with Crippen LogP contribution in [0.25, 0.3) is 0 Å². The van der Waals surface area contributed by atoms with E-state index in [1.54, 1.807) is 0 Å². The zero-order chi connectivity index (χ0) is 14.8. The number of rotatable bonds is 4. The largest absolute Gasteiger partial charge is 0.324 e. The predicted octanol–water partition coefficient (Wildman–Crippen LogP) is 5.73. The van der Waals surface area contributed by atoms with Crippen LogP contribution in [0.15, 0.2) is 72.8 Å². The Morgan fingerprint density at radius 1 is 1.11 bits per heavy atom. The first-order valence-electron chi connectivity index (χ1n) is 6.81. The monoisotopic (exact) mass is 257 g/mol. The number of allylic oxidation sites excluding steroid dienone is 6. The lowest BCUT2D eigenvalue weighted by molar-refractivity contribution is 0.635. The average Bonchev–Trinajstić information content (AvgIpc) is 2.40. The van der Waals surface area contributed by atoms with E-state index in [4.69, 9.17) is 0 Å². The summed E-state index contributed by atoms with van der Waals surface area (Å²) in [5.41, 5.74) is 4.30. The Morgan fingerprint density at radius 3 is 2.00 bits per heavy atom. The molecule has 1 nitrogen and oxygen atoms in total. The van der Waals surface area contributed by atoms with E-state index in [0.29, 0.717) is 0 Å². The Bertz CT molecular complexity index is 413. The Kier molecular flexibility index (Phi) is 8.35. The third-order valence-electron chi connectivity index (χ3n) is 2.60. The molecule has 0 aromatic carbocycles. The molecule has 0 aromatic heterocycles. The van der Waals surface area contributed by atoms with Crippen molar-refractivity contribution in [3.8, 4) is 0 Å². The quantitative estimate of drug-likeness (QED) is 0.622. The summed E-state index contributed by atoms with van der Waals surface area (Å²) < 4.78 is 0. The van der Waals surface area contributed by atoms with E-state index >= 15 is 0 Å². The number of hydrogen-bond acceptors (Lipinski definition) is 1. The topological polar surface area (TPSA) is 3.24 Å². The highest BCUT2D eigenvalue weighted by molar-refractivity contribution is 5.51. The van der Waals surface area contributed by atoms with Crippen molar-refractivity contribution in [3.63, 3.8) is 0 Å². The number of hydrogen-bond donors (Lipinski definition) is 0. The van der Waals surface area contributed by atoms with Gasteiger partial charge in [0.25, 0.3) is 0 Å². The van der Waals surface area contributed by atoms with Crippen LogP contribution in [0.5, 0.6) is 0 Å². The first-order valence-corrected chi connectivity index (χ1v) is 6.81. The van der Waals surface area contributed by atoms with E-state index in [1.807, 2.05) is 35.5 Å². The summed E-state index contributed by atoms with van der Waals surface area (Å²) in [6.07, 6.45) is 12.3. The van der Waals surface area contributed by atoms with Crippen LogP contribution in [0, 0.1) is 0 Å². The molecule has 0 saturated heterocycles. The van der Waals surface area contributed by atoms with Crippen molar-refractivity contribution in [2.45, 2.75) is 40.5 Å². The summed E-state index contributed by atoms with van der Waals surface area (Å²) >= 11 is 0. The van der Waals surface area contributed by atoms with Gasteiger partial charge in [-0.3, -0.25) is 0 Å². The van der Waals surface area contributed by atoms with Crippen molar-refractivity contribution in [2.75, 3.05) is 0 Å². The second-order valence-corrected chi connectivity index (χ2v) is 4.70. The first kappa shape index (κ1) is 17.2. The lowest BCUT2D eigenvalue weighted by Crippen LogP contribution is -2.12. The van der Waals surface area contributed by atoms with Crippen molar-refractivity contribution in [1.29, 1.82) is 0 Å². The zero-order valence-electron chi connectivity index (χ0n) is 12.9. The van der Waals surface area contributed by atoms with Gasteiger partial charge in [0.05, 0.1) is 0 Å².